The fraction of sp³-hybridized carbons (Fsp3) is 0.368. The zero-order valence-electron chi connectivity index (χ0n) is 14.8. The van der Waals surface area contributed by atoms with Crippen molar-refractivity contribution in [1.82, 2.24) is 10.2 Å². The topological polar surface area (TPSA) is 78.9 Å². The Hall–Kier alpha value is -2.22. The summed E-state index contributed by atoms with van der Waals surface area (Å²) in [6.45, 7) is 3.99. The molecule has 1 fully saturated rings. The predicted octanol–water partition coefficient (Wildman–Crippen LogP) is 2.40. The number of benzene rings is 1. The normalized spacial score (nSPS) is 21.1. The largest absolute Gasteiger partial charge is 0.389 e. The molecule has 2 aromatic rings. The standard InChI is InChI=1S/C19H22N2O4S/c1-13-5-7-14(8-6-13)19(2)17(23)21(18(24)20-19)10-15(22)11-25-12-16-4-3-9-26-16/h3-9,15,22H,10-12H2,1-2H3,(H,20,24)/t15-,19-/m0/s1. The van der Waals surface area contributed by atoms with Crippen molar-refractivity contribution in [3.8, 4) is 0 Å². The number of urea groups is 1. The van der Waals surface area contributed by atoms with E-state index in [-0.39, 0.29) is 19.1 Å². The zero-order chi connectivity index (χ0) is 18.7. The van der Waals surface area contributed by atoms with Crippen molar-refractivity contribution in [3.63, 3.8) is 0 Å². The maximum absolute atomic E-state index is 12.8. The minimum atomic E-state index is -1.12. The second-order valence-electron chi connectivity index (χ2n) is 6.59. The van der Waals surface area contributed by atoms with Crippen LogP contribution in [-0.2, 0) is 21.7 Å². The summed E-state index contributed by atoms with van der Waals surface area (Å²) < 4.78 is 5.46. The number of nitrogens with one attached hydrogen (secondary N) is 1. The number of amides is 3. The number of imide groups is 1. The lowest BCUT2D eigenvalue weighted by Gasteiger charge is -2.23. The molecule has 1 aliphatic heterocycles. The number of aryl methyl sites for hydroxylation is 1. The van der Waals surface area contributed by atoms with Gasteiger partial charge in [0, 0.05) is 4.88 Å². The molecule has 1 saturated heterocycles. The molecule has 0 radical (unpaired) electrons. The lowest BCUT2D eigenvalue weighted by Crippen LogP contribution is -2.42. The molecule has 0 saturated carbocycles. The third kappa shape index (κ3) is 3.80. The van der Waals surface area contributed by atoms with Crippen LogP contribution in [0.15, 0.2) is 41.8 Å². The highest BCUT2D eigenvalue weighted by atomic mass is 32.1. The molecule has 2 heterocycles. The van der Waals surface area contributed by atoms with Crippen LogP contribution in [0, 0.1) is 6.92 Å². The minimum absolute atomic E-state index is 0.0518. The number of rotatable bonds is 7. The smallest absolute Gasteiger partial charge is 0.325 e. The van der Waals surface area contributed by atoms with Gasteiger partial charge in [-0.3, -0.25) is 9.69 Å². The van der Waals surface area contributed by atoms with Crippen LogP contribution in [0.4, 0.5) is 4.79 Å². The minimum Gasteiger partial charge on any atom is -0.389 e. The molecule has 1 aromatic carbocycles. The van der Waals surface area contributed by atoms with Gasteiger partial charge in [-0.1, -0.05) is 35.9 Å². The van der Waals surface area contributed by atoms with Gasteiger partial charge in [-0.15, -0.1) is 11.3 Å². The Morgan fingerprint density at radius 2 is 2.00 bits per heavy atom. The van der Waals surface area contributed by atoms with E-state index in [4.69, 9.17) is 4.74 Å². The molecule has 1 aliphatic rings. The van der Waals surface area contributed by atoms with E-state index in [0.29, 0.717) is 12.2 Å². The van der Waals surface area contributed by atoms with Crippen LogP contribution >= 0.6 is 11.3 Å². The third-order valence-corrected chi connectivity index (χ3v) is 5.28. The molecule has 3 amide bonds. The Labute approximate surface area is 156 Å². The van der Waals surface area contributed by atoms with E-state index in [2.05, 4.69) is 5.32 Å². The Balaban J connectivity index is 1.60. The fourth-order valence-corrected chi connectivity index (χ4v) is 3.54. The molecule has 6 nitrogen and oxygen atoms in total. The highest BCUT2D eigenvalue weighted by molar-refractivity contribution is 7.09. The summed E-state index contributed by atoms with van der Waals surface area (Å²) in [5.41, 5.74) is 0.666. The van der Waals surface area contributed by atoms with Crippen molar-refractivity contribution in [2.45, 2.75) is 32.1 Å². The molecular weight excluding hydrogens is 352 g/mol. The molecule has 0 aliphatic carbocycles. The van der Waals surface area contributed by atoms with Crippen molar-refractivity contribution in [3.05, 3.63) is 57.8 Å². The summed E-state index contributed by atoms with van der Waals surface area (Å²) in [4.78, 5) is 27.2. The van der Waals surface area contributed by atoms with E-state index in [1.807, 2.05) is 48.7 Å². The summed E-state index contributed by atoms with van der Waals surface area (Å²) in [7, 11) is 0. The number of aliphatic hydroxyl groups excluding tert-OH is 1. The second kappa shape index (κ2) is 7.57. The van der Waals surface area contributed by atoms with Gasteiger partial charge in [-0.2, -0.15) is 0 Å². The Bertz CT molecular complexity index is 775. The van der Waals surface area contributed by atoms with Gasteiger partial charge in [0.1, 0.15) is 5.54 Å². The van der Waals surface area contributed by atoms with Crippen molar-refractivity contribution in [2.24, 2.45) is 0 Å². The zero-order valence-corrected chi connectivity index (χ0v) is 15.6. The number of nitrogens with zero attached hydrogens (tertiary/aromatic N) is 1. The number of carbonyl (C=O) groups excluding carboxylic acids is 2. The lowest BCUT2D eigenvalue weighted by molar-refractivity contribution is -0.132. The van der Waals surface area contributed by atoms with Gasteiger partial charge in [0.2, 0.25) is 0 Å². The maximum atomic E-state index is 12.8. The maximum Gasteiger partial charge on any atom is 0.325 e. The van der Waals surface area contributed by atoms with Gasteiger partial charge >= 0.3 is 6.03 Å². The van der Waals surface area contributed by atoms with Crippen molar-refractivity contribution in [1.29, 1.82) is 0 Å². The second-order valence-corrected chi connectivity index (χ2v) is 7.62. The van der Waals surface area contributed by atoms with Crippen molar-refractivity contribution >= 4 is 23.3 Å². The van der Waals surface area contributed by atoms with Crippen LogP contribution in [0.25, 0.3) is 0 Å². The third-order valence-electron chi connectivity index (χ3n) is 4.43. The van der Waals surface area contributed by atoms with E-state index < -0.39 is 17.7 Å². The van der Waals surface area contributed by atoms with E-state index in [9.17, 15) is 14.7 Å². The molecule has 0 bridgehead atoms. The summed E-state index contributed by atoms with van der Waals surface area (Å²) >= 11 is 1.57. The average molecular weight is 374 g/mol. The number of β-amino-alcohol motifs (C(OH)–C–C–N with tert-alkyl or cyclic N) is 1. The van der Waals surface area contributed by atoms with Gasteiger partial charge in [-0.25, -0.2) is 4.79 Å². The Morgan fingerprint density at radius 3 is 2.65 bits per heavy atom. The molecule has 2 atom stereocenters. The average Bonchev–Trinajstić information content (AvgIpc) is 3.19. The van der Waals surface area contributed by atoms with E-state index in [1.54, 1.807) is 18.3 Å². The highest BCUT2D eigenvalue weighted by Crippen LogP contribution is 2.29. The first-order valence-corrected chi connectivity index (χ1v) is 9.27. The first-order valence-electron chi connectivity index (χ1n) is 8.39. The van der Waals surface area contributed by atoms with Crippen LogP contribution in [0.2, 0.25) is 0 Å². The van der Waals surface area contributed by atoms with Gasteiger partial charge < -0.3 is 15.2 Å². The number of aliphatic hydroxyl groups is 1. The first-order chi connectivity index (χ1) is 12.4. The highest BCUT2D eigenvalue weighted by Gasteiger charge is 2.49. The SMILES string of the molecule is Cc1ccc([C@]2(C)NC(=O)N(C[C@H](O)COCc3cccs3)C2=O)cc1. The van der Waals surface area contributed by atoms with Crippen molar-refractivity contribution < 1.29 is 19.4 Å². The van der Waals surface area contributed by atoms with Crippen molar-refractivity contribution in [2.75, 3.05) is 13.2 Å². The summed E-state index contributed by atoms with van der Waals surface area (Å²) in [6.07, 6.45) is -0.940. The number of carbonyl (C=O) groups is 2. The van der Waals surface area contributed by atoms with Crippen LogP contribution in [0.1, 0.15) is 22.9 Å². The van der Waals surface area contributed by atoms with Gasteiger partial charge in [0.15, 0.2) is 0 Å². The fourth-order valence-electron chi connectivity index (χ4n) is 2.90. The molecule has 3 rings (SSSR count). The van der Waals surface area contributed by atoms with Gasteiger partial charge in [0.05, 0.1) is 25.9 Å². The molecule has 2 N–H and O–H groups in total. The van der Waals surface area contributed by atoms with Gasteiger partial charge in [-0.05, 0) is 30.9 Å². The van der Waals surface area contributed by atoms with E-state index >= 15 is 0 Å². The number of hydrogen-bond donors (Lipinski definition) is 2. The first kappa shape index (κ1) is 18.6. The van der Waals surface area contributed by atoms with Crippen LogP contribution in [-0.4, -0.2) is 41.2 Å². The van der Waals surface area contributed by atoms with Gasteiger partial charge in [0.25, 0.3) is 5.91 Å². The molecule has 26 heavy (non-hydrogen) atoms. The monoisotopic (exact) mass is 374 g/mol. The summed E-state index contributed by atoms with van der Waals surface area (Å²) in [6, 6.07) is 10.8. The van der Waals surface area contributed by atoms with Crippen LogP contribution in [0.3, 0.4) is 0 Å². The number of hydrogen-bond acceptors (Lipinski definition) is 5. The predicted molar refractivity (Wildman–Crippen MR) is 98.8 cm³/mol. The molecule has 138 valence electrons. The Kier molecular flexibility index (Phi) is 5.41. The molecule has 1 aromatic heterocycles. The summed E-state index contributed by atoms with van der Waals surface area (Å²) in [5, 5.41) is 14.8. The van der Waals surface area contributed by atoms with E-state index in [0.717, 1.165) is 15.3 Å². The van der Waals surface area contributed by atoms with Crippen LogP contribution < -0.4 is 5.32 Å². The summed E-state index contributed by atoms with van der Waals surface area (Å²) in [5.74, 6) is -0.372. The Morgan fingerprint density at radius 1 is 1.27 bits per heavy atom. The molecular formula is C19H22N2O4S. The quantitative estimate of drug-likeness (QED) is 0.730. The molecule has 0 unspecified atom stereocenters. The number of ether oxygens (including phenoxy) is 1. The van der Waals surface area contributed by atoms with E-state index in [1.165, 1.54) is 0 Å². The molecule has 7 heteroatoms. The number of thiophene rings is 1. The van der Waals surface area contributed by atoms with Crippen LogP contribution in [0.5, 0.6) is 0 Å². The lowest BCUT2D eigenvalue weighted by atomic mass is 9.91. The molecule has 0 spiro atoms.